The maximum atomic E-state index is 8.98. The Hall–Kier alpha value is -0.380. The van der Waals surface area contributed by atoms with Crippen LogP contribution in [0.25, 0.3) is 0 Å². The molecule has 2 saturated heterocycles. The Morgan fingerprint density at radius 1 is 1.47 bits per heavy atom. The van der Waals surface area contributed by atoms with Crippen LogP contribution in [0, 0.1) is 5.92 Å². The lowest BCUT2D eigenvalue weighted by atomic mass is 9.89. The quantitative estimate of drug-likeness (QED) is 0.630. The van der Waals surface area contributed by atoms with Crippen LogP contribution in [-0.2, 0) is 0 Å². The van der Waals surface area contributed by atoms with Gasteiger partial charge in [-0.3, -0.25) is 4.90 Å². The summed E-state index contributed by atoms with van der Waals surface area (Å²) < 4.78 is 0. The van der Waals surface area contributed by atoms with Crippen molar-refractivity contribution >= 4 is 0 Å². The molecule has 15 heavy (non-hydrogen) atoms. The maximum Gasteiger partial charge on any atom is 0.0558 e. The number of aliphatic hydroxyl groups is 1. The van der Waals surface area contributed by atoms with Gasteiger partial charge < -0.3 is 10.4 Å². The van der Waals surface area contributed by atoms with Crippen LogP contribution in [0.1, 0.15) is 19.3 Å². The van der Waals surface area contributed by atoms with E-state index in [9.17, 15) is 0 Å². The Balaban J connectivity index is 1.81. The number of aliphatic hydroxyl groups excluding tert-OH is 1. The standard InChI is InChI=1S/C12H22N2O/c1-2-5-14(6-7-15)9-10-8-11-3-4-12(10)13-11/h2,10-13,15H,1,3-9H2. The zero-order chi connectivity index (χ0) is 10.7. The first-order chi connectivity index (χ1) is 7.33. The van der Waals surface area contributed by atoms with E-state index in [1.807, 2.05) is 6.08 Å². The molecule has 86 valence electrons. The van der Waals surface area contributed by atoms with Crippen molar-refractivity contribution in [2.75, 3.05) is 26.2 Å². The van der Waals surface area contributed by atoms with Crippen molar-refractivity contribution in [3.63, 3.8) is 0 Å². The van der Waals surface area contributed by atoms with Gasteiger partial charge in [-0.25, -0.2) is 0 Å². The van der Waals surface area contributed by atoms with Gasteiger partial charge in [0.25, 0.3) is 0 Å². The number of hydrogen-bond donors (Lipinski definition) is 2. The third kappa shape index (κ3) is 2.60. The van der Waals surface area contributed by atoms with Gasteiger partial charge in [0.15, 0.2) is 0 Å². The Kier molecular flexibility index (Phi) is 3.78. The molecule has 2 bridgehead atoms. The van der Waals surface area contributed by atoms with E-state index in [0.717, 1.165) is 37.6 Å². The van der Waals surface area contributed by atoms with Crippen molar-refractivity contribution in [3.8, 4) is 0 Å². The van der Waals surface area contributed by atoms with Crippen molar-refractivity contribution in [3.05, 3.63) is 12.7 Å². The smallest absolute Gasteiger partial charge is 0.0558 e. The Morgan fingerprint density at radius 3 is 2.87 bits per heavy atom. The van der Waals surface area contributed by atoms with Crippen LogP contribution in [0.15, 0.2) is 12.7 Å². The van der Waals surface area contributed by atoms with Gasteiger partial charge in [-0.15, -0.1) is 6.58 Å². The highest BCUT2D eigenvalue weighted by atomic mass is 16.3. The molecule has 0 aromatic carbocycles. The molecule has 2 heterocycles. The number of rotatable bonds is 6. The van der Waals surface area contributed by atoms with Gasteiger partial charge in [-0.1, -0.05) is 6.08 Å². The van der Waals surface area contributed by atoms with Crippen LogP contribution >= 0.6 is 0 Å². The monoisotopic (exact) mass is 210 g/mol. The second-order valence-corrected chi connectivity index (χ2v) is 4.82. The lowest BCUT2D eigenvalue weighted by Crippen LogP contribution is -2.36. The molecule has 0 spiro atoms. The Morgan fingerprint density at radius 2 is 2.33 bits per heavy atom. The fourth-order valence-electron chi connectivity index (χ4n) is 3.05. The maximum absolute atomic E-state index is 8.98. The molecular formula is C12H22N2O. The summed E-state index contributed by atoms with van der Waals surface area (Å²) in [6, 6.07) is 1.51. The zero-order valence-corrected chi connectivity index (χ0v) is 9.36. The summed E-state index contributed by atoms with van der Waals surface area (Å²) in [5.74, 6) is 0.787. The van der Waals surface area contributed by atoms with Crippen molar-refractivity contribution in [2.45, 2.75) is 31.3 Å². The molecular weight excluding hydrogens is 188 g/mol. The van der Waals surface area contributed by atoms with E-state index in [-0.39, 0.29) is 6.61 Å². The number of hydrogen-bond acceptors (Lipinski definition) is 3. The number of nitrogens with one attached hydrogen (secondary N) is 1. The first kappa shape index (κ1) is 11.1. The molecule has 3 atom stereocenters. The second-order valence-electron chi connectivity index (χ2n) is 4.82. The average Bonchev–Trinajstić information content (AvgIpc) is 2.80. The van der Waals surface area contributed by atoms with E-state index in [0.29, 0.717) is 0 Å². The summed E-state index contributed by atoms with van der Waals surface area (Å²) in [6.45, 7) is 6.81. The molecule has 0 radical (unpaired) electrons. The molecule has 0 amide bonds. The number of fused-ring (bicyclic) bond motifs is 2. The van der Waals surface area contributed by atoms with Crippen LogP contribution in [0.2, 0.25) is 0 Å². The van der Waals surface area contributed by atoms with E-state index >= 15 is 0 Å². The van der Waals surface area contributed by atoms with Crippen LogP contribution in [-0.4, -0.2) is 48.3 Å². The van der Waals surface area contributed by atoms with Crippen LogP contribution in [0.4, 0.5) is 0 Å². The highest BCUT2D eigenvalue weighted by Crippen LogP contribution is 2.33. The minimum Gasteiger partial charge on any atom is -0.395 e. The molecule has 2 rings (SSSR count). The fourth-order valence-corrected chi connectivity index (χ4v) is 3.05. The van der Waals surface area contributed by atoms with Crippen molar-refractivity contribution in [1.82, 2.24) is 10.2 Å². The van der Waals surface area contributed by atoms with E-state index < -0.39 is 0 Å². The summed E-state index contributed by atoms with van der Waals surface area (Å²) in [6.07, 6.45) is 5.96. The Bertz CT molecular complexity index is 220. The summed E-state index contributed by atoms with van der Waals surface area (Å²) in [5, 5.41) is 12.6. The number of nitrogens with zero attached hydrogens (tertiary/aromatic N) is 1. The van der Waals surface area contributed by atoms with E-state index in [1.165, 1.54) is 19.3 Å². The lowest BCUT2D eigenvalue weighted by Gasteiger charge is -2.27. The molecule has 2 aliphatic rings. The predicted molar refractivity (Wildman–Crippen MR) is 61.8 cm³/mol. The van der Waals surface area contributed by atoms with Gasteiger partial charge in [-0.2, -0.15) is 0 Å². The second kappa shape index (κ2) is 5.10. The highest BCUT2D eigenvalue weighted by Gasteiger charge is 2.39. The van der Waals surface area contributed by atoms with Gasteiger partial charge in [0.05, 0.1) is 6.61 Å². The van der Waals surface area contributed by atoms with Gasteiger partial charge >= 0.3 is 0 Å². The Labute approximate surface area is 92.2 Å². The molecule has 2 aliphatic heterocycles. The van der Waals surface area contributed by atoms with Crippen LogP contribution < -0.4 is 5.32 Å². The van der Waals surface area contributed by atoms with Crippen molar-refractivity contribution in [2.24, 2.45) is 5.92 Å². The minimum atomic E-state index is 0.252. The van der Waals surface area contributed by atoms with Gasteiger partial charge in [0.1, 0.15) is 0 Å². The van der Waals surface area contributed by atoms with E-state index in [4.69, 9.17) is 5.11 Å². The van der Waals surface area contributed by atoms with E-state index in [2.05, 4.69) is 16.8 Å². The third-order valence-corrected chi connectivity index (χ3v) is 3.73. The van der Waals surface area contributed by atoms with Gasteiger partial charge in [0.2, 0.25) is 0 Å². The summed E-state index contributed by atoms with van der Waals surface area (Å²) in [4.78, 5) is 2.31. The van der Waals surface area contributed by atoms with Crippen LogP contribution in [0.3, 0.4) is 0 Å². The molecule has 0 aliphatic carbocycles. The highest BCUT2D eigenvalue weighted by molar-refractivity contribution is 4.98. The molecule has 0 saturated carbocycles. The average molecular weight is 210 g/mol. The normalized spacial score (nSPS) is 33.9. The first-order valence-corrected chi connectivity index (χ1v) is 6.03. The van der Waals surface area contributed by atoms with Crippen molar-refractivity contribution in [1.29, 1.82) is 0 Å². The summed E-state index contributed by atoms with van der Waals surface area (Å²) in [5.41, 5.74) is 0. The largest absolute Gasteiger partial charge is 0.395 e. The molecule has 3 unspecified atom stereocenters. The molecule has 2 fully saturated rings. The van der Waals surface area contributed by atoms with Gasteiger partial charge in [-0.05, 0) is 25.2 Å². The fraction of sp³-hybridized carbons (Fsp3) is 0.833. The zero-order valence-electron chi connectivity index (χ0n) is 9.36. The SMILES string of the molecule is C=CCN(CCO)CC1CC2CCC1N2. The van der Waals surface area contributed by atoms with E-state index in [1.54, 1.807) is 0 Å². The topological polar surface area (TPSA) is 35.5 Å². The van der Waals surface area contributed by atoms with Crippen molar-refractivity contribution < 1.29 is 5.11 Å². The molecule has 0 aromatic heterocycles. The summed E-state index contributed by atoms with van der Waals surface area (Å²) in [7, 11) is 0. The molecule has 2 N–H and O–H groups in total. The van der Waals surface area contributed by atoms with Crippen LogP contribution in [0.5, 0.6) is 0 Å². The third-order valence-electron chi connectivity index (χ3n) is 3.73. The molecule has 0 aromatic rings. The minimum absolute atomic E-state index is 0.252. The van der Waals surface area contributed by atoms with Gasteiger partial charge in [0, 0.05) is 31.7 Å². The lowest BCUT2D eigenvalue weighted by molar-refractivity contribution is 0.178. The molecule has 3 heteroatoms. The first-order valence-electron chi connectivity index (χ1n) is 6.03. The molecule has 3 nitrogen and oxygen atoms in total. The predicted octanol–water partition coefficient (Wildman–Crippen LogP) is 0.607. The summed E-state index contributed by atoms with van der Waals surface area (Å²) >= 11 is 0.